The first-order valence-corrected chi connectivity index (χ1v) is 26.7. The van der Waals surface area contributed by atoms with E-state index in [-0.39, 0.29) is 76.7 Å². The van der Waals surface area contributed by atoms with E-state index in [2.05, 4.69) is 125 Å². The number of aliphatic hydroxyl groups is 1. The minimum Gasteiger partial charge on any atom is -0.466 e. The Labute approximate surface area is 426 Å². The largest absolute Gasteiger partial charge is 0.466 e. The van der Waals surface area contributed by atoms with E-state index in [4.69, 9.17) is 32.7 Å². The zero-order chi connectivity index (χ0) is 51.6. The molecule has 3 aliphatic rings. The Kier molecular flexibility index (Phi) is 20.9. The number of esters is 2. The number of amides is 2. The van der Waals surface area contributed by atoms with Crippen LogP contribution in [0.4, 0.5) is 0 Å². The summed E-state index contributed by atoms with van der Waals surface area (Å²) in [6.45, 7) is 31.9. The van der Waals surface area contributed by atoms with E-state index in [1.807, 2.05) is 24.8 Å². The Morgan fingerprint density at radius 3 is 1.75 bits per heavy atom. The Morgan fingerprint density at radius 1 is 0.797 bits per heavy atom. The number of nitrogens with zero attached hydrogens (tertiary/aromatic N) is 1. The van der Waals surface area contributed by atoms with Crippen LogP contribution in [0.25, 0.3) is 0 Å². The standard InChI is InChI=1S/C29H46ClNO4.C29H42ClNO3/c1-8-35-27(34)22-13-20(14-22)17-31-26(33)16-29(7,24(18-32)19(2)3)23-10-9-21(25(30)15-23)11-12-28(4,5)6;1-8-34-27(33)22-13-20(14-22)17-31-18-24(19(2)3)29(7,16-26(31)32)23-10-9-21(25(30)15-23)11-12-28(4,5)6/h9-10,15,19-20,22,24,32H,8,11-14,16-18H2,1-7H3,(H,31,33);9-10,15,18-20,22H,8,11-14,16-17H2,1-7H3/t20?,22?,24?,29-;20?,22?,29-/m00/s1. The van der Waals surface area contributed by atoms with Crippen molar-refractivity contribution in [2.24, 2.45) is 52.3 Å². The molecule has 2 fully saturated rings. The summed E-state index contributed by atoms with van der Waals surface area (Å²) in [4.78, 5) is 52.0. The van der Waals surface area contributed by atoms with E-state index in [1.165, 1.54) is 11.1 Å². The number of hydrogen-bond acceptors (Lipinski definition) is 7. The summed E-state index contributed by atoms with van der Waals surface area (Å²) < 4.78 is 10.2. The fraction of sp³-hybridized carbons (Fsp3) is 0.690. The summed E-state index contributed by atoms with van der Waals surface area (Å²) in [6.07, 6.45) is 9.86. The minimum atomic E-state index is -0.563. The molecule has 1 heterocycles. The third-order valence-corrected chi connectivity index (χ3v) is 15.9. The third kappa shape index (κ3) is 16.0. The number of aryl methyl sites for hydroxylation is 2. The van der Waals surface area contributed by atoms with Gasteiger partial charge in [0, 0.05) is 59.6 Å². The first-order valence-electron chi connectivity index (χ1n) is 25.9. The van der Waals surface area contributed by atoms with Gasteiger partial charge in [-0.25, -0.2) is 0 Å². The maximum atomic E-state index is 13.3. The van der Waals surface area contributed by atoms with Crippen LogP contribution in [0.5, 0.6) is 0 Å². The van der Waals surface area contributed by atoms with Crippen molar-refractivity contribution in [3.8, 4) is 0 Å². The van der Waals surface area contributed by atoms with Crippen LogP contribution in [-0.2, 0) is 52.3 Å². The van der Waals surface area contributed by atoms with Crippen LogP contribution in [-0.4, -0.2) is 66.7 Å². The number of rotatable bonds is 20. The van der Waals surface area contributed by atoms with Crippen molar-refractivity contribution >= 4 is 47.0 Å². The van der Waals surface area contributed by atoms with Gasteiger partial charge >= 0.3 is 11.9 Å². The summed E-state index contributed by atoms with van der Waals surface area (Å²) in [5, 5.41) is 14.9. The number of carbonyl (C=O) groups excluding carboxylic acids is 4. The highest BCUT2D eigenvalue weighted by atomic mass is 35.5. The first kappa shape index (κ1) is 58.2. The van der Waals surface area contributed by atoms with E-state index < -0.39 is 5.41 Å². The molecule has 0 aromatic heterocycles. The number of nitrogens with one attached hydrogen (secondary N) is 1. The van der Waals surface area contributed by atoms with Gasteiger partial charge < -0.3 is 24.8 Å². The normalized spacial score (nSPS) is 22.9. The lowest BCUT2D eigenvalue weighted by atomic mass is 9.65. The van der Waals surface area contributed by atoms with Crippen LogP contribution < -0.4 is 5.32 Å². The van der Waals surface area contributed by atoms with E-state index in [0.717, 1.165) is 78.1 Å². The molecule has 3 atom stereocenters. The predicted molar refractivity (Wildman–Crippen MR) is 281 cm³/mol. The third-order valence-electron chi connectivity index (χ3n) is 15.2. The SMILES string of the molecule is CCOC(=O)C1CC(CN2C=C(C(C)C)[C@](C)(c3ccc(CCC(C)(C)C)c(Cl)c3)CC2=O)C1.CCOC(=O)C1CC(CNC(=O)C[C@@](C)(c2ccc(CCC(C)(C)C)c(Cl)c2)C(CO)C(C)C)C1. The highest BCUT2D eigenvalue weighted by molar-refractivity contribution is 6.31. The van der Waals surface area contributed by atoms with E-state index in [1.54, 1.807) is 0 Å². The van der Waals surface area contributed by atoms with Gasteiger partial charge in [0.15, 0.2) is 0 Å². The molecule has 0 radical (unpaired) electrons. The Hall–Kier alpha value is -3.40. The number of benzene rings is 2. The Balaban J connectivity index is 0.000000301. The number of halogens is 2. The van der Waals surface area contributed by atoms with Crippen LogP contribution in [0, 0.1) is 52.3 Å². The quantitative estimate of drug-likeness (QED) is 0.127. The lowest BCUT2D eigenvalue weighted by Gasteiger charge is -2.43. The molecule has 2 N–H and O–H groups in total. The van der Waals surface area contributed by atoms with Crippen LogP contribution in [0.3, 0.4) is 0 Å². The molecule has 1 unspecified atom stereocenters. The van der Waals surface area contributed by atoms with Gasteiger partial charge in [-0.15, -0.1) is 0 Å². The zero-order valence-corrected chi connectivity index (χ0v) is 46.3. The highest BCUT2D eigenvalue weighted by Crippen LogP contribution is 2.46. The molecule has 2 amide bonds. The summed E-state index contributed by atoms with van der Waals surface area (Å²) in [5.74, 6) is 0.857. The molecule has 0 saturated heterocycles. The molecule has 1 aliphatic heterocycles. The average molecular weight is 996 g/mol. The molecule has 9 nitrogen and oxygen atoms in total. The van der Waals surface area contributed by atoms with Crippen molar-refractivity contribution in [3.63, 3.8) is 0 Å². The molecular weight excluding hydrogens is 908 g/mol. The fourth-order valence-corrected chi connectivity index (χ4v) is 11.1. The van der Waals surface area contributed by atoms with Crippen LogP contribution in [0.1, 0.15) is 171 Å². The fourth-order valence-electron chi connectivity index (χ4n) is 10.5. The average Bonchev–Trinajstić information content (AvgIpc) is 3.20. The second-order valence-corrected chi connectivity index (χ2v) is 24.8. The maximum absolute atomic E-state index is 13.3. The minimum absolute atomic E-state index is 0.00527. The number of hydrogen-bond donors (Lipinski definition) is 2. The van der Waals surface area contributed by atoms with Gasteiger partial charge in [0.1, 0.15) is 0 Å². The number of allylic oxidation sites excluding steroid dienone is 1. The second-order valence-electron chi connectivity index (χ2n) is 24.0. The lowest BCUT2D eigenvalue weighted by Crippen LogP contribution is -2.46. The summed E-state index contributed by atoms with van der Waals surface area (Å²) >= 11 is 13.5. The maximum Gasteiger partial charge on any atom is 0.308 e. The van der Waals surface area contributed by atoms with Gasteiger partial charge in [0.25, 0.3) is 0 Å². The second kappa shape index (κ2) is 24.8. The lowest BCUT2D eigenvalue weighted by molar-refractivity contribution is -0.153. The molecule has 11 heteroatoms. The van der Waals surface area contributed by atoms with Crippen molar-refractivity contribution in [2.75, 3.05) is 32.9 Å². The monoisotopic (exact) mass is 995 g/mol. The highest BCUT2D eigenvalue weighted by Gasteiger charge is 2.44. The predicted octanol–water partition coefficient (Wildman–Crippen LogP) is 12.9. The molecule has 5 rings (SSSR count). The topological polar surface area (TPSA) is 122 Å². The smallest absolute Gasteiger partial charge is 0.308 e. The molecule has 386 valence electrons. The van der Waals surface area contributed by atoms with E-state index in [9.17, 15) is 24.3 Å². The Morgan fingerprint density at radius 2 is 1.30 bits per heavy atom. The summed E-state index contributed by atoms with van der Waals surface area (Å²) in [7, 11) is 0. The molecule has 69 heavy (non-hydrogen) atoms. The molecule has 0 spiro atoms. The van der Waals surface area contributed by atoms with Gasteiger partial charge in [0.2, 0.25) is 11.8 Å². The van der Waals surface area contributed by atoms with Crippen molar-refractivity contribution in [3.05, 3.63) is 80.5 Å². The Bertz CT molecular complexity index is 2090. The van der Waals surface area contributed by atoms with Crippen molar-refractivity contribution < 1.29 is 33.8 Å². The summed E-state index contributed by atoms with van der Waals surface area (Å²) in [5.41, 5.74) is 5.18. The van der Waals surface area contributed by atoms with Gasteiger partial charge in [-0.05, 0) is 146 Å². The molecule has 2 aromatic carbocycles. The zero-order valence-electron chi connectivity index (χ0n) is 44.8. The molecule has 0 bridgehead atoms. The van der Waals surface area contributed by atoms with Crippen molar-refractivity contribution in [2.45, 2.75) is 172 Å². The molecular formula is C58H88Cl2N2O7. The first-order chi connectivity index (χ1) is 32.1. The summed E-state index contributed by atoms with van der Waals surface area (Å²) in [6, 6.07) is 12.5. The molecule has 2 saturated carbocycles. The van der Waals surface area contributed by atoms with Crippen LogP contribution in [0.15, 0.2) is 48.2 Å². The van der Waals surface area contributed by atoms with Crippen molar-refractivity contribution in [1.82, 2.24) is 10.2 Å². The van der Waals surface area contributed by atoms with Gasteiger partial charge in [-0.1, -0.05) is 131 Å². The molecule has 2 aliphatic carbocycles. The van der Waals surface area contributed by atoms with E-state index >= 15 is 0 Å². The number of carbonyl (C=O) groups is 4. The van der Waals surface area contributed by atoms with E-state index in [0.29, 0.717) is 50.5 Å². The van der Waals surface area contributed by atoms with Gasteiger partial charge in [-0.2, -0.15) is 0 Å². The number of ether oxygens (including phenoxy) is 2. The van der Waals surface area contributed by atoms with Gasteiger partial charge in [-0.3, -0.25) is 19.2 Å². The van der Waals surface area contributed by atoms with Crippen LogP contribution >= 0.6 is 23.2 Å². The number of aliphatic hydroxyl groups excluding tert-OH is 1. The molecule has 2 aromatic rings. The van der Waals surface area contributed by atoms with Crippen molar-refractivity contribution in [1.29, 1.82) is 0 Å². The van der Waals surface area contributed by atoms with Crippen LogP contribution in [0.2, 0.25) is 10.0 Å². The van der Waals surface area contributed by atoms with Gasteiger partial charge in [0.05, 0.1) is 25.0 Å².